The van der Waals surface area contributed by atoms with Crippen LogP contribution in [0.25, 0.3) is 0 Å². The molecule has 0 bridgehead atoms. The van der Waals surface area contributed by atoms with Gasteiger partial charge in [-0.05, 0) is 12.1 Å². The fraction of sp³-hybridized carbons (Fsp3) is 0.455. The zero-order valence-corrected chi connectivity index (χ0v) is 11.3. The monoisotopic (exact) mass is 326 g/mol. The molecule has 0 aliphatic heterocycles. The minimum atomic E-state index is -0.999. The number of halogens is 4. The Morgan fingerprint density at radius 1 is 1.41 bits per heavy atom. The molecule has 0 amide bonds. The molecule has 94 valence electrons. The van der Waals surface area contributed by atoms with Crippen molar-refractivity contribution in [2.45, 2.75) is 24.0 Å². The summed E-state index contributed by atoms with van der Waals surface area (Å²) in [6.07, 6.45) is -0.0861. The van der Waals surface area contributed by atoms with E-state index in [2.05, 4.69) is 15.9 Å². The smallest absolute Gasteiger partial charge is 0.200 e. The molecular weight excluding hydrogens is 317 g/mol. The number of ether oxygens (including phenoxy) is 2. The van der Waals surface area contributed by atoms with E-state index in [0.717, 1.165) is 6.07 Å². The van der Waals surface area contributed by atoms with Gasteiger partial charge in [0, 0.05) is 18.0 Å². The topological polar surface area (TPSA) is 18.5 Å². The minimum Gasteiger partial charge on any atom is -0.484 e. The summed E-state index contributed by atoms with van der Waals surface area (Å²) >= 11 is 8.97. The van der Waals surface area contributed by atoms with Crippen LogP contribution < -0.4 is 4.74 Å². The van der Waals surface area contributed by atoms with Gasteiger partial charge in [0.2, 0.25) is 5.82 Å². The van der Waals surface area contributed by atoms with E-state index in [0.29, 0.717) is 10.9 Å². The van der Waals surface area contributed by atoms with Crippen LogP contribution in [0.3, 0.4) is 0 Å². The third-order valence-corrected chi connectivity index (χ3v) is 3.57. The minimum absolute atomic E-state index is 0.132. The van der Waals surface area contributed by atoms with Gasteiger partial charge in [-0.15, -0.1) is 11.6 Å². The molecule has 17 heavy (non-hydrogen) atoms. The summed E-state index contributed by atoms with van der Waals surface area (Å²) < 4.78 is 37.4. The zero-order valence-electron chi connectivity index (χ0n) is 8.92. The van der Waals surface area contributed by atoms with E-state index in [4.69, 9.17) is 21.1 Å². The maximum Gasteiger partial charge on any atom is 0.200 e. The Morgan fingerprint density at radius 3 is 2.71 bits per heavy atom. The molecule has 1 aromatic carbocycles. The molecule has 0 spiro atoms. The first kappa shape index (κ1) is 13.1. The molecule has 1 aromatic rings. The molecule has 2 rings (SSSR count). The predicted molar refractivity (Wildman–Crippen MR) is 63.5 cm³/mol. The van der Waals surface area contributed by atoms with Crippen molar-refractivity contribution < 1.29 is 18.3 Å². The third-order valence-electron chi connectivity index (χ3n) is 2.69. The lowest BCUT2D eigenvalue weighted by atomic mass is 9.91. The van der Waals surface area contributed by atoms with E-state index in [9.17, 15) is 8.78 Å². The summed E-state index contributed by atoms with van der Waals surface area (Å²) in [6, 6.07) is 2.42. The van der Waals surface area contributed by atoms with Crippen molar-refractivity contribution in [2.24, 2.45) is 0 Å². The Balaban J connectivity index is 2.14. The van der Waals surface area contributed by atoms with Crippen molar-refractivity contribution >= 4 is 27.5 Å². The lowest BCUT2D eigenvalue weighted by Gasteiger charge is -2.39. The lowest BCUT2D eigenvalue weighted by Crippen LogP contribution is -2.52. The van der Waals surface area contributed by atoms with Gasteiger partial charge in [0.05, 0.1) is 5.38 Å². The van der Waals surface area contributed by atoms with Crippen LogP contribution in [0.2, 0.25) is 0 Å². The van der Waals surface area contributed by atoms with Crippen molar-refractivity contribution in [3.8, 4) is 5.75 Å². The second-order valence-corrected chi connectivity index (χ2v) is 5.28. The molecule has 1 saturated carbocycles. The van der Waals surface area contributed by atoms with Crippen LogP contribution in [-0.2, 0) is 4.74 Å². The molecule has 1 aliphatic carbocycles. The highest BCUT2D eigenvalue weighted by molar-refractivity contribution is 9.10. The number of hydrogen-bond donors (Lipinski definition) is 0. The average Bonchev–Trinajstić information content (AvgIpc) is 2.24. The maximum atomic E-state index is 13.4. The van der Waals surface area contributed by atoms with E-state index in [1.54, 1.807) is 0 Å². The van der Waals surface area contributed by atoms with Crippen LogP contribution in [0.15, 0.2) is 16.6 Å². The summed E-state index contributed by atoms with van der Waals surface area (Å²) in [5, 5.41) is -0.148. The number of hydrogen-bond acceptors (Lipinski definition) is 2. The van der Waals surface area contributed by atoms with Gasteiger partial charge in [-0.1, -0.05) is 15.9 Å². The first-order chi connectivity index (χ1) is 8.02. The Morgan fingerprint density at radius 2 is 2.12 bits per heavy atom. The normalized spacial score (nSPS) is 27.7. The number of methoxy groups -OCH3 is 1. The molecule has 1 aliphatic rings. The van der Waals surface area contributed by atoms with Crippen molar-refractivity contribution in [3.05, 3.63) is 28.2 Å². The lowest BCUT2D eigenvalue weighted by molar-refractivity contribution is -0.0598. The van der Waals surface area contributed by atoms with E-state index in [1.165, 1.54) is 13.2 Å². The Hall–Kier alpha value is -0.390. The first-order valence-electron chi connectivity index (χ1n) is 5.01. The van der Waals surface area contributed by atoms with Crippen molar-refractivity contribution in [1.82, 2.24) is 0 Å². The fourth-order valence-electron chi connectivity index (χ4n) is 1.72. The molecule has 0 saturated heterocycles. The van der Waals surface area contributed by atoms with Crippen molar-refractivity contribution in [2.75, 3.05) is 7.11 Å². The van der Waals surface area contributed by atoms with Crippen LogP contribution in [-0.4, -0.2) is 24.7 Å². The van der Waals surface area contributed by atoms with Gasteiger partial charge in [-0.3, -0.25) is 0 Å². The predicted octanol–water partition coefficient (Wildman–Crippen LogP) is 3.50. The van der Waals surface area contributed by atoms with Gasteiger partial charge >= 0.3 is 0 Å². The second kappa shape index (κ2) is 5.08. The highest BCUT2D eigenvalue weighted by Crippen LogP contribution is 2.34. The highest BCUT2D eigenvalue weighted by Gasteiger charge is 2.42. The zero-order chi connectivity index (χ0) is 12.6. The number of alkyl halides is 1. The van der Waals surface area contributed by atoms with Gasteiger partial charge in [-0.25, -0.2) is 4.39 Å². The molecule has 0 heterocycles. The van der Waals surface area contributed by atoms with E-state index >= 15 is 0 Å². The molecule has 0 aromatic heterocycles. The van der Waals surface area contributed by atoms with Gasteiger partial charge in [0.1, 0.15) is 12.2 Å². The van der Waals surface area contributed by atoms with E-state index < -0.39 is 11.6 Å². The SMILES string of the molecule is COC1C(Cl)CC1Oc1cc(Br)cc(F)c1F. The van der Waals surface area contributed by atoms with Gasteiger partial charge in [-0.2, -0.15) is 4.39 Å². The Bertz CT molecular complexity index is 430. The Kier molecular flexibility index (Phi) is 3.90. The molecule has 3 unspecified atom stereocenters. The van der Waals surface area contributed by atoms with E-state index in [1.807, 2.05) is 0 Å². The second-order valence-electron chi connectivity index (χ2n) is 3.81. The van der Waals surface area contributed by atoms with E-state index in [-0.39, 0.29) is 23.3 Å². The molecule has 0 radical (unpaired) electrons. The van der Waals surface area contributed by atoms with Crippen LogP contribution in [0.4, 0.5) is 8.78 Å². The van der Waals surface area contributed by atoms with Crippen LogP contribution in [0, 0.1) is 11.6 Å². The summed E-state index contributed by atoms with van der Waals surface area (Å²) in [5.41, 5.74) is 0. The average molecular weight is 328 g/mol. The quantitative estimate of drug-likeness (QED) is 0.625. The van der Waals surface area contributed by atoms with Crippen molar-refractivity contribution in [1.29, 1.82) is 0 Å². The van der Waals surface area contributed by atoms with Crippen LogP contribution in [0.5, 0.6) is 5.75 Å². The van der Waals surface area contributed by atoms with Crippen LogP contribution in [0.1, 0.15) is 6.42 Å². The molecule has 3 atom stereocenters. The van der Waals surface area contributed by atoms with Crippen molar-refractivity contribution in [3.63, 3.8) is 0 Å². The standard InChI is InChI=1S/C11H10BrClF2O2/c1-16-11-6(13)4-9(11)17-8-3-5(12)2-7(14)10(8)15/h2-3,6,9,11H,4H2,1H3. The number of rotatable bonds is 3. The fourth-order valence-corrected chi connectivity index (χ4v) is 2.57. The van der Waals surface area contributed by atoms with Gasteiger partial charge in [0.15, 0.2) is 11.6 Å². The summed E-state index contributed by atoms with van der Waals surface area (Å²) in [4.78, 5) is 0. The molecule has 0 N–H and O–H groups in total. The Labute approximate surface area is 111 Å². The number of benzene rings is 1. The van der Waals surface area contributed by atoms with Gasteiger partial charge in [0.25, 0.3) is 0 Å². The molecule has 2 nitrogen and oxygen atoms in total. The molecule has 6 heteroatoms. The summed E-state index contributed by atoms with van der Waals surface area (Å²) in [7, 11) is 1.51. The largest absolute Gasteiger partial charge is 0.484 e. The summed E-state index contributed by atoms with van der Waals surface area (Å²) in [6.45, 7) is 0. The van der Waals surface area contributed by atoms with Crippen LogP contribution >= 0.6 is 27.5 Å². The van der Waals surface area contributed by atoms with Gasteiger partial charge < -0.3 is 9.47 Å². The highest BCUT2D eigenvalue weighted by atomic mass is 79.9. The first-order valence-corrected chi connectivity index (χ1v) is 6.24. The summed E-state index contributed by atoms with van der Waals surface area (Å²) in [5.74, 6) is -2.08. The molecule has 1 fully saturated rings. The molecular formula is C11H10BrClF2O2. The maximum absolute atomic E-state index is 13.4. The third kappa shape index (κ3) is 2.56.